The number of rotatable bonds is 8. The number of aromatic nitrogens is 2. The standard InChI is InChI=1S/C36H26ClN3O4/c1-2-42-33-18-23(14-16-32(33)43-22-25-10-7-9-24-8-3-4-11-28(24)25)21-38-40-35(39-30-13-6-5-12-29(30)36(40)41)34-20-26-19-27(37)15-17-31(26)44-34/h3-21H,2,22H2,1H3. The van der Waals surface area contributed by atoms with Crippen LogP contribution in [-0.4, -0.2) is 22.5 Å². The maximum atomic E-state index is 13.7. The molecule has 0 aliphatic heterocycles. The van der Waals surface area contributed by atoms with Gasteiger partial charge in [-0.05, 0) is 83.4 Å². The predicted molar refractivity (Wildman–Crippen MR) is 175 cm³/mol. The van der Waals surface area contributed by atoms with E-state index in [4.69, 9.17) is 30.5 Å². The Labute approximate surface area is 257 Å². The van der Waals surface area contributed by atoms with Crippen molar-refractivity contribution in [3.63, 3.8) is 0 Å². The van der Waals surface area contributed by atoms with Gasteiger partial charge < -0.3 is 13.9 Å². The molecule has 0 unspecified atom stereocenters. The molecule has 0 bridgehead atoms. The molecule has 7 aromatic rings. The van der Waals surface area contributed by atoms with Crippen LogP contribution in [0.3, 0.4) is 0 Å². The van der Waals surface area contributed by atoms with Gasteiger partial charge in [0.2, 0.25) is 5.82 Å². The van der Waals surface area contributed by atoms with Crippen LogP contribution < -0.4 is 15.0 Å². The van der Waals surface area contributed by atoms with E-state index in [9.17, 15) is 4.79 Å². The maximum Gasteiger partial charge on any atom is 0.282 e. The Morgan fingerprint density at radius 2 is 1.66 bits per heavy atom. The van der Waals surface area contributed by atoms with Crippen LogP contribution in [0.25, 0.3) is 44.2 Å². The number of ether oxygens (including phenoxy) is 2. The molecule has 0 saturated heterocycles. The third-order valence-corrected chi connectivity index (χ3v) is 7.54. The fourth-order valence-corrected chi connectivity index (χ4v) is 5.39. The van der Waals surface area contributed by atoms with Crippen molar-refractivity contribution in [3.05, 3.63) is 136 Å². The smallest absolute Gasteiger partial charge is 0.282 e. The van der Waals surface area contributed by atoms with Crippen LogP contribution >= 0.6 is 11.6 Å². The average molecular weight is 600 g/mol. The molecule has 0 saturated carbocycles. The highest BCUT2D eigenvalue weighted by Crippen LogP contribution is 2.31. The molecule has 2 aromatic heterocycles. The van der Waals surface area contributed by atoms with E-state index in [1.165, 1.54) is 4.68 Å². The van der Waals surface area contributed by atoms with Gasteiger partial charge in [-0.3, -0.25) is 4.79 Å². The molecule has 5 aromatic carbocycles. The Hall–Kier alpha value is -5.40. The highest BCUT2D eigenvalue weighted by atomic mass is 35.5. The van der Waals surface area contributed by atoms with E-state index in [1.807, 2.05) is 49.4 Å². The molecule has 2 heterocycles. The predicted octanol–water partition coefficient (Wildman–Crippen LogP) is 8.48. The van der Waals surface area contributed by atoms with Crippen LogP contribution in [0.15, 0.2) is 124 Å². The second kappa shape index (κ2) is 11.7. The topological polar surface area (TPSA) is 78.9 Å². The molecule has 0 N–H and O–H groups in total. The summed E-state index contributed by atoms with van der Waals surface area (Å²) in [7, 11) is 0. The summed E-state index contributed by atoms with van der Waals surface area (Å²) < 4.78 is 19.5. The van der Waals surface area contributed by atoms with Gasteiger partial charge in [0.25, 0.3) is 5.56 Å². The van der Waals surface area contributed by atoms with E-state index in [0.717, 1.165) is 21.7 Å². The van der Waals surface area contributed by atoms with Crippen molar-refractivity contribution in [1.82, 2.24) is 9.66 Å². The van der Waals surface area contributed by atoms with E-state index in [1.54, 1.807) is 48.7 Å². The van der Waals surface area contributed by atoms with Gasteiger partial charge in [-0.1, -0.05) is 66.2 Å². The Bertz CT molecular complexity index is 2250. The summed E-state index contributed by atoms with van der Waals surface area (Å²) in [5, 5.41) is 8.72. The number of hydrogen-bond donors (Lipinski definition) is 0. The Morgan fingerprint density at radius 1 is 0.841 bits per heavy atom. The minimum Gasteiger partial charge on any atom is -0.490 e. The van der Waals surface area contributed by atoms with E-state index in [-0.39, 0.29) is 11.4 Å². The highest BCUT2D eigenvalue weighted by Gasteiger charge is 2.17. The molecule has 0 aliphatic carbocycles. The lowest BCUT2D eigenvalue weighted by Gasteiger charge is -2.14. The second-order valence-corrected chi connectivity index (χ2v) is 10.6. The van der Waals surface area contributed by atoms with Gasteiger partial charge in [0.15, 0.2) is 17.3 Å². The van der Waals surface area contributed by atoms with Crippen LogP contribution in [0.1, 0.15) is 18.1 Å². The molecule has 216 valence electrons. The molecule has 44 heavy (non-hydrogen) atoms. The van der Waals surface area contributed by atoms with Gasteiger partial charge in [-0.25, -0.2) is 4.98 Å². The number of nitrogens with zero attached hydrogens (tertiary/aromatic N) is 3. The van der Waals surface area contributed by atoms with Gasteiger partial charge in [-0.2, -0.15) is 9.78 Å². The van der Waals surface area contributed by atoms with Gasteiger partial charge in [-0.15, -0.1) is 0 Å². The highest BCUT2D eigenvalue weighted by molar-refractivity contribution is 6.31. The molecule has 0 radical (unpaired) electrons. The summed E-state index contributed by atoms with van der Waals surface area (Å²) >= 11 is 6.19. The first-order chi connectivity index (χ1) is 21.6. The van der Waals surface area contributed by atoms with Crippen LogP contribution in [0.4, 0.5) is 0 Å². The van der Waals surface area contributed by atoms with Gasteiger partial charge >= 0.3 is 0 Å². The average Bonchev–Trinajstić information content (AvgIpc) is 3.47. The second-order valence-electron chi connectivity index (χ2n) is 10.2. The van der Waals surface area contributed by atoms with E-state index in [0.29, 0.717) is 57.5 Å². The minimum atomic E-state index is -0.319. The van der Waals surface area contributed by atoms with Crippen molar-refractivity contribution in [2.45, 2.75) is 13.5 Å². The van der Waals surface area contributed by atoms with Crippen molar-refractivity contribution in [3.8, 4) is 23.1 Å². The molecule has 0 amide bonds. The van der Waals surface area contributed by atoms with E-state index in [2.05, 4.69) is 29.4 Å². The zero-order valence-electron chi connectivity index (χ0n) is 23.7. The van der Waals surface area contributed by atoms with Crippen molar-refractivity contribution >= 4 is 50.5 Å². The zero-order chi connectivity index (χ0) is 30.0. The lowest BCUT2D eigenvalue weighted by molar-refractivity contribution is 0.270. The summed E-state index contributed by atoms with van der Waals surface area (Å²) in [6.07, 6.45) is 1.60. The summed E-state index contributed by atoms with van der Waals surface area (Å²) in [6, 6.07) is 34.3. The molecule has 0 spiro atoms. The van der Waals surface area contributed by atoms with Crippen LogP contribution in [0, 0.1) is 0 Å². The number of benzene rings is 5. The van der Waals surface area contributed by atoms with Crippen LogP contribution in [-0.2, 0) is 6.61 Å². The number of fused-ring (bicyclic) bond motifs is 3. The van der Waals surface area contributed by atoms with Gasteiger partial charge in [0.1, 0.15) is 12.2 Å². The Balaban J connectivity index is 1.24. The van der Waals surface area contributed by atoms with E-state index >= 15 is 0 Å². The molecule has 8 heteroatoms. The van der Waals surface area contributed by atoms with Crippen molar-refractivity contribution < 1.29 is 13.9 Å². The van der Waals surface area contributed by atoms with Crippen molar-refractivity contribution in [2.75, 3.05) is 6.61 Å². The van der Waals surface area contributed by atoms with Crippen molar-refractivity contribution in [1.29, 1.82) is 0 Å². The Kier molecular flexibility index (Phi) is 7.30. The molecule has 7 rings (SSSR count). The fourth-order valence-electron chi connectivity index (χ4n) is 5.21. The fraction of sp³-hybridized carbons (Fsp3) is 0.0833. The normalized spacial score (nSPS) is 11.6. The summed E-state index contributed by atoms with van der Waals surface area (Å²) in [5.41, 5.74) is 2.65. The van der Waals surface area contributed by atoms with Gasteiger partial charge in [0.05, 0.1) is 23.7 Å². The zero-order valence-corrected chi connectivity index (χ0v) is 24.5. The largest absolute Gasteiger partial charge is 0.490 e. The van der Waals surface area contributed by atoms with E-state index < -0.39 is 0 Å². The number of furan rings is 1. The van der Waals surface area contributed by atoms with Crippen LogP contribution in [0.5, 0.6) is 11.5 Å². The minimum absolute atomic E-state index is 0.275. The number of para-hydroxylation sites is 1. The number of hydrogen-bond acceptors (Lipinski definition) is 6. The first-order valence-electron chi connectivity index (χ1n) is 14.2. The molecule has 0 atom stereocenters. The third kappa shape index (κ3) is 5.29. The lowest BCUT2D eigenvalue weighted by Crippen LogP contribution is -2.20. The van der Waals surface area contributed by atoms with Crippen LogP contribution in [0.2, 0.25) is 5.02 Å². The lowest BCUT2D eigenvalue weighted by atomic mass is 10.1. The summed E-state index contributed by atoms with van der Waals surface area (Å²) in [5.74, 6) is 1.87. The molecular formula is C36H26ClN3O4. The molecule has 0 fully saturated rings. The first-order valence-corrected chi connectivity index (χ1v) is 14.6. The maximum absolute atomic E-state index is 13.7. The van der Waals surface area contributed by atoms with Gasteiger partial charge in [0, 0.05) is 10.4 Å². The molecule has 7 nitrogen and oxygen atoms in total. The SMILES string of the molecule is CCOc1cc(C=Nn2c(-c3cc4cc(Cl)ccc4o3)nc3ccccc3c2=O)ccc1OCc1cccc2ccccc12. The third-order valence-electron chi connectivity index (χ3n) is 7.31. The Morgan fingerprint density at radius 3 is 2.55 bits per heavy atom. The van der Waals surface area contributed by atoms with Crippen molar-refractivity contribution in [2.24, 2.45) is 5.10 Å². The molecule has 0 aliphatic rings. The first kappa shape index (κ1) is 27.4. The molecular weight excluding hydrogens is 574 g/mol. The monoisotopic (exact) mass is 599 g/mol. The summed E-state index contributed by atoms with van der Waals surface area (Å²) in [6.45, 7) is 2.76. The summed E-state index contributed by atoms with van der Waals surface area (Å²) in [4.78, 5) is 18.4. The number of halogens is 1. The quantitative estimate of drug-likeness (QED) is 0.164.